The van der Waals surface area contributed by atoms with Gasteiger partial charge in [0.2, 0.25) is 5.78 Å². The predicted octanol–water partition coefficient (Wildman–Crippen LogP) is 3.11. The van der Waals surface area contributed by atoms with Crippen molar-refractivity contribution in [3.05, 3.63) is 72.1 Å². The maximum Gasteiger partial charge on any atom is 0.204 e. The number of ether oxygens (including phenoxy) is 2. The van der Waals surface area contributed by atoms with Crippen LogP contribution in [0.15, 0.2) is 77.1 Å². The van der Waals surface area contributed by atoms with E-state index in [0.717, 1.165) is 69.7 Å². The van der Waals surface area contributed by atoms with Gasteiger partial charge < -0.3 is 29.9 Å². The minimum absolute atomic E-state index is 0.0896. The van der Waals surface area contributed by atoms with Crippen LogP contribution < -0.4 is 20.4 Å². The Labute approximate surface area is 205 Å². The number of nitrogens with one attached hydrogen (secondary N) is 2. The molecule has 182 valence electrons. The van der Waals surface area contributed by atoms with Crippen LogP contribution in [-0.2, 0) is 14.3 Å². The number of aliphatic imine (C=N–C) groups is 1. The number of allylic oxidation sites excluding steroid dienone is 2. The highest BCUT2D eigenvalue weighted by Crippen LogP contribution is 2.24. The van der Waals surface area contributed by atoms with Gasteiger partial charge in [0, 0.05) is 56.4 Å². The summed E-state index contributed by atoms with van der Waals surface area (Å²) in [4.78, 5) is 22.2. The van der Waals surface area contributed by atoms with Gasteiger partial charge in [0.15, 0.2) is 0 Å². The summed E-state index contributed by atoms with van der Waals surface area (Å²) in [5.41, 5.74) is 5.91. The van der Waals surface area contributed by atoms with Crippen molar-refractivity contribution in [1.82, 2.24) is 5.32 Å². The summed E-state index contributed by atoms with van der Waals surface area (Å²) in [6.45, 7) is 6.58. The largest absolute Gasteiger partial charge is 0.386 e. The van der Waals surface area contributed by atoms with Crippen molar-refractivity contribution in [2.75, 3.05) is 74.8 Å². The second-order valence-electron chi connectivity index (χ2n) is 8.61. The highest BCUT2D eigenvalue weighted by Gasteiger charge is 2.19. The number of morpholine rings is 2. The van der Waals surface area contributed by atoms with Gasteiger partial charge in [0.05, 0.1) is 49.2 Å². The van der Waals surface area contributed by atoms with Crippen LogP contribution in [0.1, 0.15) is 0 Å². The fourth-order valence-corrected chi connectivity index (χ4v) is 4.39. The average molecular weight is 474 g/mol. The first-order chi connectivity index (χ1) is 17.2. The molecule has 0 atom stereocenters. The first kappa shape index (κ1) is 23.1. The zero-order chi connectivity index (χ0) is 24.0. The van der Waals surface area contributed by atoms with Gasteiger partial charge in [-0.15, -0.1) is 0 Å². The van der Waals surface area contributed by atoms with Crippen molar-refractivity contribution in [3.63, 3.8) is 0 Å². The summed E-state index contributed by atoms with van der Waals surface area (Å²) in [5.74, 6) is -0.0896. The van der Waals surface area contributed by atoms with Gasteiger partial charge in [-0.05, 0) is 54.6 Å². The number of ketones is 1. The van der Waals surface area contributed by atoms with E-state index in [0.29, 0.717) is 17.1 Å². The van der Waals surface area contributed by atoms with E-state index in [4.69, 9.17) is 14.5 Å². The van der Waals surface area contributed by atoms with Gasteiger partial charge in [-0.1, -0.05) is 0 Å². The second kappa shape index (κ2) is 10.8. The minimum Gasteiger partial charge on any atom is -0.386 e. The Morgan fingerprint density at radius 2 is 1.29 bits per heavy atom. The van der Waals surface area contributed by atoms with Gasteiger partial charge in [0.25, 0.3) is 0 Å². The Balaban J connectivity index is 1.32. The third-order valence-electron chi connectivity index (χ3n) is 6.37. The van der Waals surface area contributed by atoms with E-state index >= 15 is 0 Å². The van der Waals surface area contributed by atoms with Crippen LogP contribution in [0.25, 0.3) is 0 Å². The molecule has 0 bridgehead atoms. The molecule has 8 nitrogen and oxygen atoms in total. The summed E-state index contributed by atoms with van der Waals surface area (Å²) in [6, 6.07) is 16.3. The van der Waals surface area contributed by atoms with Crippen LogP contribution in [0.3, 0.4) is 0 Å². The SMILES string of the molecule is CNC1=CC(=O)C(Nc2ccc(N3CCOCC3)cc2)=C/C1=N/c1ccc(N2CCOCC2)cc1. The highest BCUT2D eigenvalue weighted by molar-refractivity contribution is 6.23. The van der Waals surface area contributed by atoms with Gasteiger partial charge in [-0.25, -0.2) is 4.99 Å². The average Bonchev–Trinajstić information content (AvgIpc) is 2.92. The molecule has 2 aliphatic heterocycles. The lowest BCUT2D eigenvalue weighted by atomic mass is 10.0. The molecule has 5 rings (SSSR count). The molecule has 0 radical (unpaired) electrons. The lowest BCUT2D eigenvalue weighted by molar-refractivity contribution is -0.111. The van der Waals surface area contributed by atoms with Crippen LogP contribution in [0.5, 0.6) is 0 Å². The number of nitrogens with zero attached hydrogens (tertiary/aromatic N) is 3. The number of rotatable bonds is 6. The van der Waals surface area contributed by atoms with Crippen molar-refractivity contribution < 1.29 is 14.3 Å². The van der Waals surface area contributed by atoms with E-state index in [-0.39, 0.29) is 5.78 Å². The van der Waals surface area contributed by atoms with Crippen LogP contribution in [-0.4, -0.2) is 71.1 Å². The van der Waals surface area contributed by atoms with Gasteiger partial charge >= 0.3 is 0 Å². The molecule has 1 aliphatic carbocycles. The summed E-state index contributed by atoms with van der Waals surface area (Å²) in [6.07, 6.45) is 3.39. The lowest BCUT2D eigenvalue weighted by Crippen LogP contribution is -2.36. The third-order valence-corrected chi connectivity index (χ3v) is 6.37. The van der Waals surface area contributed by atoms with Crippen LogP contribution in [0.2, 0.25) is 0 Å². The second-order valence-corrected chi connectivity index (χ2v) is 8.61. The van der Waals surface area contributed by atoms with Crippen molar-refractivity contribution in [2.45, 2.75) is 0 Å². The topological polar surface area (TPSA) is 78.4 Å². The molecule has 8 heteroatoms. The van der Waals surface area contributed by atoms with E-state index in [1.54, 1.807) is 19.2 Å². The quantitative estimate of drug-likeness (QED) is 0.624. The number of anilines is 3. The smallest absolute Gasteiger partial charge is 0.204 e. The fourth-order valence-electron chi connectivity index (χ4n) is 4.39. The highest BCUT2D eigenvalue weighted by atomic mass is 16.5. The Bertz CT molecular complexity index is 1130. The molecule has 2 N–H and O–H groups in total. The Morgan fingerprint density at radius 1 is 0.743 bits per heavy atom. The number of benzene rings is 2. The minimum atomic E-state index is -0.0896. The van der Waals surface area contributed by atoms with Crippen molar-refractivity contribution in [2.24, 2.45) is 4.99 Å². The number of carbonyl (C=O) groups excluding carboxylic acids is 1. The van der Waals surface area contributed by atoms with Crippen molar-refractivity contribution in [1.29, 1.82) is 0 Å². The first-order valence-electron chi connectivity index (χ1n) is 12.1. The summed E-state index contributed by atoms with van der Waals surface area (Å²) < 4.78 is 10.9. The van der Waals surface area contributed by atoms with E-state index < -0.39 is 0 Å². The molecule has 0 amide bonds. The molecule has 2 heterocycles. The zero-order valence-electron chi connectivity index (χ0n) is 20.0. The lowest BCUT2D eigenvalue weighted by Gasteiger charge is -2.29. The Morgan fingerprint density at radius 3 is 1.83 bits per heavy atom. The molecule has 2 aromatic rings. The monoisotopic (exact) mass is 473 g/mol. The first-order valence-corrected chi connectivity index (χ1v) is 12.1. The van der Waals surface area contributed by atoms with Crippen LogP contribution in [0, 0.1) is 0 Å². The standard InChI is InChI=1S/C27H31N5O3/c1-28-24-19-27(33)26(30-21-4-8-23(9-5-21)32-12-16-35-17-13-32)18-25(24)29-20-2-6-22(7-3-20)31-10-14-34-15-11-31/h2-9,18-19,28,30H,10-17H2,1H3/b29-25-. The molecular weight excluding hydrogens is 442 g/mol. The van der Waals surface area contributed by atoms with E-state index in [9.17, 15) is 4.79 Å². The Hall–Kier alpha value is -3.62. The predicted molar refractivity (Wildman–Crippen MR) is 140 cm³/mol. The van der Waals surface area contributed by atoms with Gasteiger partial charge in [-0.3, -0.25) is 4.79 Å². The molecule has 2 aromatic carbocycles. The van der Waals surface area contributed by atoms with Gasteiger partial charge in [0.1, 0.15) is 0 Å². The van der Waals surface area contributed by atoms with E-state index in [1.807, 2.05) is 24.3 Å². The molecule has 0 spiro atoms. The van der Waals surface area contributed by atoms with Crippen LogP contribution >= 0.6 is 0 Å². The Kier molecular flexibility index (Phi) is 7.11. The molecular formula is C27H31N5O3. The number of carbonyl (C=O) groups is 1. The molecule has 0 aromatic heterocycles. The fraction of sp³-hybridized carbons (Fsp3) is 0.333. The van der Waals surface area contributed by atoms with E-state index in [1.165, 1.54) is 5.69 Å². The molecule has 35 heavy (non-hydrogen) atoms. The normalized spacial score (nSPS) is 19.9. The maximum absolute atomic E-state index is 12.8. The number of hydrogen-bond acceptors (Lipinski definition) is 8. The molecule has 0 saturated carbocycles. The van der Waals surface area contributed by atoms with Crippen LogP contribution in [0.4, 0.5) is 22.7 Å². The molecule has 0 unspecified atom stereocenters. The summed E-state index contributed by atoms with van der Waals surface area (Å²) in [7, 11) is 1.80. The summed E-state index contributed by atoms with van der Waals surface area (Å²) in [5, 5.41) is 6.37. The van der Waals surface area contributed by atoms with E-state index in [2.05, 4.69) is 44.7 Å². The molecule has 3 aliphatic rings. The zero-order valence-corrected chi connectivity index (χ0v) is 20.0. The van der Waals surface area contributed by atoms with Crippen molar-refractivity contribution in [3.8, 4) is 0 Å². The molecule has 2 saturated heterocycles. The molecule has 2 fully saturated rings. The maximum atomic E-state index is 12.8. The van der Waals surface area contributed by atoms with Crippen molar-refractivity contribution >= 4 is 34.2 Å². The number of hydrogen-bond donors (Lipinski definition) is 2. The third kappa shape index (κ3) is 5.55. The summed E-state index contributed by atoms with van der Waals surface area (Å²) >= 11 is 0. The van der Waals surface area contributed by atoms with Gasteiger partial charge in [-0.2, -0.15) is 0 Å².